The molecular weight excluding hydrogens is 366 g/mol. The summed E-state index contributed by atoms with van der Waals surface area (Å²) in [7, 11) is 3.93. The van der Waals surface area contributed by atoms with E-state index in [4.69, 9.17) is 10.7 Å². The van der Waals surface area contributed by atoms with Gasteiger partial charge in [-0.1, -0.05) is 46.3 Å². The molecule has 5 nitrogen and oxygen atoms in total. The molecule has 0 radical (unpaired) electrons. The fourth-order valence-electron chi connectivity index (χ4n) is 2.43. The van der Waals surface area contributed by atoms with Gasteiger partial charge in [0, 0.05) is 30.3 Å². The Morgan fingerprint density at radius 1 is 1.08 bits per heavy atom. The van der Waals surface area contributed by atoms with Gasteiger partial charge in [-0.15, -0.1) is 0 Å². The van der Waals surface area contributed by atoms with Crippen molar-refractivity contribution < 1.29 is 0 Å². The molecule has 124 valence electrons. The number of aliphatic imine (C=N–C) groups is 1. The van der Waals surface area contributed by atoms with Crippen molar-refractivity contribution in [3.05, 3.63) is 76.5 Å². The molecule has 0 saturated heterocycles. The monoisotopic (exact) mass is 385 g/mol. The number of anilines is 1. The summed E-state index contributed by atoms with van der Waals surface area (Å²) < 4.78 is 1.01. The van der Waals surface area contributed by atoms with Crippen LogP contribution >= 0.6 is 15.9 Å². The van der Waals surface area contributed by atoms with Crippen LogP contribution in [0.1, 0.15) is 5.56 Å². The van der Waals surface area contributed by atoms with Gasteiger partial charge in [-0.3, -0.25) is 5.73 Å². The summed E-state index contributed by atoms with van der Waals surface area (Å²) in [6.07, 6.45) is 1.92. The standard InChI is InChI=1S/C18H20BrN5/c1-24(2)16-12-18(20,13-8-10-14(19)11-9-13)23-17(22-16)21-15-6-4-3-5-7-15/h3-12H,20H2,1-2H3,(H2,21,22,23). The highest BCUT2D eigenvalue weighted by Gasteiger charge is 2.30. The van der Waals surface area contributed by atoms with E-state index in [1.165, 1.54) is 0 Å². The average molecular weight is 386 g/mol. The number of hydrogen-bond donors (Lipinski definition) is 3. The van der Waals surface area contributed by atoms with E-state index >= 15 is 0 Å². The lowest BCUT2D eigenvalue weighted by Gasteiger charge is -2.32. The third kappa shape index (κ3) is 3.60. The molecule has 6 heteroatoms. The van der Waals surface area contributed by atoms with Gasteiger partial charge in [-0.05, 0) is 29.8 Å². The number of benzene rings is 2. The second-order valence-electron chi connectivity index (χ2n) is 5.83. The molecule has 0 fully saturated rings. The molecule has 0 bridgehead atoms. The smallest absolute Gasteiger partial charge is 0.203 e. The van der Waals surface area contributed by atoms with Gasteiger partial charge in [0.2, 0.25) is 5.96 Å². The summed E-state index contributed by atoms with van der Waals surface area (Å²) in [6, 6.07) is 17.8. The van der Waals surface area contributed by atoms with Gasteiger partial charge >= 0.3 is 0 Å². The van der Waals surface area contributed by atoms with Crippen LogP contribution in [0.5, 0.6) is 0 Å². The van der Waals surface area contributed by atoms with Gasteiger partial charge in [-0.2, -0.15) is 0 Å². The molecule has 1 heterocycles. The van der Waals surface area contributed by atoms with E-state index in [9.17, 15) is 0 Å². The van der Waals surface area contributed by atoms with Gasteiger partial charge in [0.05, 0.1) is 0 Å². The Bertz CT molecular complexity index is 768. The van der Waals surface area contributed by atoms with E-state index in [0.717, 1.165) is 21.5 Å². The van der Waals surface area contributed by atoms with Crippen molar-refractivity contribution in [3.8, 4) is 0 Å². The molecule has 0 spiro atoms. The summed E-state index contributed by atoms with van der Waals surface area (Å²) in [6.45, 7) is 0. The van der Waals surface area contributed by atoms with Crippen molar-refractivity contribution in [1.82, 2.24) is 10.2 Å². The lowest BCUT2D eigenvalue weighted by atomic mass is 9.99. The Balaban J connectivity index is 1.98. The van der Waals surface area contributed by atoms with Crippen molar-refractivity contribution in [2.24, 2.45) is 10.7 Å². The van der Waals surface area contributed by atoms with Gasteiger partial charge < -0.3 is 15.5 Å². The van der Waals surface area contributed by atoms with Crippen LogP contribution < -0.4 is 16.4 Å². The van der Waals surface area contributed by atoms with E-state index in [0.29, 0.717) is 5.96 Å². The topological polar surface area (TPSA) is 65.7 Å². The highest BCUT2D eigenvalue weighted by atomic mass is 79.9. The molecule has 4 N–H and O–H groups in total. The molecule has 1 atom stereocenters. The Kier molecular flexibility index (Phi) is 4.59. The lowest BCUT2D eigenvalue weighted by molar-refractivity contribution is 0.453. The maximum Gasteiger partial charge on any atom is 0.203 e. The van der Waals surface area contributed by atoms with Gasteiger partial charge in [-0.25, -0.2) is 4.99 Å². The average Bonchev–Trinajstić information content (AvgIpc) is 2.55. The Morgan fingerprint density at radius 3 is 2.38 bits per heavy atom. The highest BCUT2D eigenvalue weighted by Crippen LogP contribution is 2.27. The zero-order chi connectivity index (χ0) is 17.2. The van der Waals surface area contributed by atoms with Crippen molar-refractivity contribution >= 4 is 27.6 Å². The van der Waals surface area contributed by atoms with Crippen molar-refractivity contribution in [1.29, 1.82) is 0 Å². The first-order valence-corrected chi connectivity index (χ1v) is 8.40. The van der Waals surface area contributed by atoms with E-state index in [2.05, 4.69) is 26.6 Å². The Hall–Kier alpha value is -2.31. The zero-order valence-electron chi connectivity index (χ0n) is 13.6. The minimum Gasteiger partial charge on any atom is -0.364 e. The molecule has 1 unspecified atom stereocenters. The van der Waals surface area contributed by atoms with Crippen LogP contribution in [0.2, 0.25) is 0 Å². The summed E-state index contributed by atoms with van der Waals surface area (Å²) in [5.41, 5.74) is 7.54. The van der Waals surface area contributed by atoms with Crippen molar-refractivity contribution in [3.63, 3.8) is 0 Å². The van der Waals surface area contributed by atoms with Crippen LogP contribution in [0, 0.1) is 0 Å². The van der Waals surface area contributed by atoms with E-state index in [-0.39, 0.29) is 0 Å². The number of rotatable bonds is 3. The number of nitrogens with one attached hydrogen (secondary N) is 2. The first-order valence-electron chi connectivity index (χ1n) is 7.60. The van der Waals surface area contributed by atoms with E-state index < -0.39 is 5.66 Å². The predicted octanol–water partition coefficient (Wildman–Crippen LogP) is 3.03. The molecule has 3 rings (SSSR count). The Labute approximate surface area is 150 Å². The fraction of sp³-hybridized carbons (Fsp3) is 0.167. The summed E-state index contributed by atoms with van der Waals surface area (Å²) in [4.78, 5) is 6.67. The fourth-order valence-corrected chi connectivity index (χ4v) is 2.70. The molecule has 0 saturated carbocycles. The van der Waals surface area contributed by atoms with Crippen LogP contribution in [0.3, 0.4) is 0 Å². The van der Waals surface area contributed by atoms with E-state index in [1.54, 1.807) is 0 Å². The maximum absolute atomic E-state index is 6.62. The predicted molar refractivity (Wildman–Crippen MR) is 102 cm³/mol. The number of guanidine groups is 1. The van der Waals surface area contributed by atoms with Gasteiger partial charge in [0.1, 0.15) is 5.82 Å². The lowest BCUT2D eigenvalue weighted by Crippen LogP contribution is -2.46. The van der Waals surface area contributed by atoms with Crippen molar-refractivity contribution in [2.75, 3.05) is 19.4 Å². The second-order valence-corrected chi connectivity index (χ2v) is 6.75. The molecule has 0 aromatic heterocycles. The number of nitrogens with two attached hydrogens (primary N) is 1. The molecule has 1 aliphatic heterocycles. The number of nitrogens with zero attached hydrogens (tertiary/aromatic N) is 2. The summed E-state index contributed by atoms with van der Waals surface area (Å²) in [5.74, 6) is 1.49. The summed E-state index contributed by atoms with van der Waals surface area (Å²) in [5, 5.41) is 6.56. The SMILES string of the molecule is CN(C)C1=CC(N)(c2ccc(Br)cc2)N=C(Nc2ccccc2)N1. The van der Waals surface area contributed by atoms with Crippen LogP contribution in [0.25, 0.3) is 0 Å². The highest BCUT2D eigenvalue weighted by molar-refractivity contribution is 9.10. The Morgan fingerprint density at radius 2 is 1.75 bits per heavy atom. The van der Waals surface area contributed by atoms with E-state index in [1.807, 2.05) is 79.7 Å². The normalized spacial score (nSPS) is 19.8. The zero-order valence-corrected chi connectivity index (χ0v) is 15.2. The minimum atomic E-state index is -0.942. The molecule has 0 amide bonds. The third-order valence-corrected chi connectivity index (χ3v) is 4.25. The molecule has 0 aliphatic carbocycles. The molecule has 1 aliphatic rings. The third-order valence-electron chi connectivity index (χ3n) is 3.73. The maximum atomic E-state index is 6.62. The van der Waals surface area contributed by atoms with Gasteiger partial charge in [0.25, 0.3) is 0 Å². The quantitative estimate of drug-likeness (QED) is 0.759. The number of para-hydroxylation sites is 1. The molecule has 24 heavy (non-hydrogen) atoms. The molecule has 2 aromatic carbocycles. The van der Waals surface area contributed by atoms with Crippen LogP contribution in [0.15, 0.2) is 76.0 Å². The molecule has 2 aromatic rings. The largest absolute Gasteiger partial charge is 0.364 e. The van der Waals surface area contributed by atoms with Crippen LogP contribution in [0.4, 0.5) is 5.69 Å². The summed E-state index contributed by atoms with van der Waals surface area (Å²) >= 11 is 3.45. The minimum absolute atomic E-state index is 0.609. The first-order chi connectivity index (χ1) is 11.5. The number of halogens is 1. The van der Waals surface area contributed by atoms with Crippen LogP contribution in [-0.2, 0) is 5.66 Å². The number of hydrogen-bond acceptors (Lipinski definition) is 5. The van der Waals surface area contributed by atoms with Crippen LogP contribution in [-0.4, -0.2) is 25.0 Å². The first kappa shape index (κ1) is 16.5. The van der Waals surface area contributed by atoms with Crippen molar-refractivity contribution in [2.45, 2.75) is 5.66 Å². The van der Waals surface area contributed by atoms with Gasteiger partial charge in [0.15, 0.2) is 5.66 Å². The second kappa shape index (κ2) is 6.67. The molecular formula is C18H20BrN5.